The van der Waals surface area contributed by atoms with E-state index in [1.54, 1.807) is 0 Å². The number of nitrogens with zero attached hydrogens (tertiary/aromatic N) is 1. The van der Waals surface area contributed by atoms with Crippen LogP contribution in [0.5, 0.6) is 0 Å². The number of hydrogen-bond acceptors (Lipinski definition) is 3. The van der Waals surface area contributed by atoms with Crippen molar-refractivity contribution in [3.63, 3.8) is 0 Å². The van der Waals surface area contributed by atoms with Crippen molar-refractivity contribution in [2.75, 3.05) is 0 Å². The first-order valence-corrected chi connectivity index (χ1v) is 3.79. The summed E-state index contributed by atoms with van der Waals surface area (Å²) in [6.45, 7) is 0. The Balaban J connectivity index is 3.19. The third-order valence-electron chi connectivity index (χ3n) is 1.67. The minimum Gasteiger partial charge on any atom is -0.284 e. The molecular weight excluding hydrogens is 234 g/mol. The predicted molar refractivity (Wildman–Crippen MR) is 43.4 cm³/mol. The quantitative estimate of drug-likeness (QED) is 0.343. The molecule has 0 aliphatic rings. The first kappa shape index (κ1) is 12.1. The van der Waals surface area contributed by atoms with E-state index >= 15 is 0 Å². The first-order valence-electron chi connectivity index (χ1n) is 3.79. The Hall–Kier alpha value is -1.99. The third kappa shape index (κ3) is 2.33. The highest BCUT2D eigenvalue weighted by molar-refractivity contribution is 6.00. The summed E-state index contributed by atoms with van der Waals surface area (Å²) < 4.78 is 48.7. The lowest BCUT2D eigenvalue weighted by atomic mass is 10.1. The highest BCUT2D eigenvalue weighted by Gasteiger charge is 2.40. The van der Waals surface area contributed by atoms with Crippen molar-refractivity contribution in [1.29, 1.82) is 0 Å². The van der Waals surface area contributed by atoms with Crippen LogP contribution in [0.15, 0.2) is 18.2 Å². The van der Waals surface area contributed by atoms with E-state index in [0.29, 0.717) is 12.1 Å². The number of alkyl halides is 3. The second kappa shape index (κ2) is 3.87. The van der Waals surface area contributed by atoms with E-state index in [0.717, 1.165) is 0 Å². The van der Waals surface area contributed by atoms with E-state index in [4.69, 9.17) is 0 Å². The second-order valence-electron chi connectivity index (χ2n) is 2.75. The van der Waals surface area contributed by atoms with Crippen molar-refractivity contribution in [2.45, 2.75) is 6.18 Å². The average Bonchev–Trinajstić information content (AvgIpc) is 2.15. The lowest BCUT2D eigenvalue weighted by Crippen LogP contribution is -2.23. The van der Waals surface area contributed by atoms with Crippen LogP contribution in [0.1, 0.15) is 10.4 Å². The number of Topliss-reactive ketones (excluding diaryl/α,β-unsaturated/α-hetero) is 1. The van der Waals surface area contributed by atoms with Gasteiger partial charge in [0.1, 0.15) is 5.82 Å². The molecule has 1 aromatic rings. The average molecular weight is 237 g/mol. The van der Waals surface area contributed by atoms with Gasteiger partial charge in [0.2, 0.25) is 0 Å². The zero-order chi connectivity index (χ0) is 12.5. The molecule has 0 saturated heterocycles. The molecule has 1 rings (SSSR count). The Morgan fingerprint density at radius 2 is 1.88 bits per heavy atom. The van der Waals surface area contributed by atoms with Crippen LogP contribution < -0.4 is 0 Å². The normalized spacial score (nSPS) is 11.2. The maximum Gasteiger partial charge on any atom is 0.454 e. The highest BCUT2D eigenvalue weighted by atomic mass is 19.4. The van der Waals surface area contributed by atoms with E-state index in [1.165, 1.54) is 0 Å². The number of hydrogen-bond donors (Lipinski definition) is 0. The number of rotatable bonds is 2. The number of carbonyl (C=O) groups is 1. The molecule has 0 aliphatic heterocycles. The van der Waals surface area contributed by atoms with Gasteiger partial charge in [-0.1, -0.05) is 0 Å². The summed E-state index contributed by atoms with van der Waals surface area (Å²) in [4.78, 5) is 19.8. The van der Waals surface area contributed by atoms with Gasteiger partial charge in [-0.25, -0.2) is 4.39 Å². The molecule has 8 heteroatoms. The Morgan fingerprint density at radius 3 is 2.25 bits per heavy atom. The van der Waals surface area contributed by atoms with Gasteiger partial charge >= 0.3 is 6.18 Å². The minimum absolute atomic E-state index is 0.263. The zero-order valence-electron chi connectivity index (χ0n) is 7.42. The molecule has 4 nitrogen and oxygen atoms in total. The molecule has 0 amide bonds. The fourth-order valence-corrected chi connectivity index (χ4v) is 0.954. The van der Waals surface area contributed by atoms with Crippen molar-refractivity contribution >= 4 is 11.5 Å². The largest absolute Gasteiger partial charge is 0.454 e. The van der Waals surface area contributed by atoms with Gasteiger partial charge in [0.05, 0.1) is 16.6 Å². The number of nitro benzene ring substituents is 1. The van der Waals surface area contributed by atoms with Crippen LogP contribution in [0.25, 0.3) is 0 Å². The number of ketones is 1. The van der Waals surface area contributed by atoms with Crippen LogP contribution in [0.4, 0.5) is 23.2 Å². The summed E-state index contributed by atoms with van der Waals surface area (Å²) in [6.07, 6.45) is -5.21. The summed E-state index contributed by atoms with van der Waals surface area (Å²) >= 11 is 0. The SMILES string of the molecule is O=C(c1ccc([N+](=O)[O-])cc1F)C(F)(F)F. The molecule has 1 aromatic carbocycles. The van der Waals surface area contributed by atoms with Crippen LogP contribution >= 0.6 is 0 Å². The molecule has 0 heterocycles. The van der Waals surface area contributed by atoms with Crippen molar-refractivity contribution < 1.29 is 27.3 Å². The molecule has 0 saturated carbocycles. The monoisotopic (exact) mass is 237 g/mol. The number of nitro groups is 1. The van der Waals surface area contributed by atoms with Crippen LogP contribution in [0.2, 0.25) is 0 Å². The van der Waals surface area contributed by atoms with Gasteiger partial charge in [0.25, 0.3) is 11.5 Å². The lowest BCUT2D eigenvalue weighted by molar-refractivity contribution is -0.385. The van der Waals surface area contributed by atoms with Crippen molar-refractivity contribution in [1.82, 2.24) is 0 Å². The van der Waals surface area contributed by atoms with E-state index in [1.807, 2.05) is 0 Å². The Labute approximate surface area is 85.6 Å². The van der Waals surface area contributed by atoms with E-state index < -0.39 is 34.0 Å². The highest BCUT2D eigenvalue weighted by Crippen LogP contribution is 2.25. The van der Waals surface area contributed by atoms with Gasteiger partial charge < -0.3 is 0 Å². The minimum atomic E-state index is -5.21. The van der Waals surface area contributed by atoms with Gasteiger partial charge in [0.15, 0.2) is 0 Å². The smallest absolute Gasteiger partial charge is 0.284 e. The predicted octanol–water partition coefficient (Wildman–Crippen LogP) is 2.48. The van der Waals surface area contributed by atoms with Crippen molar-refractivity contribution in [2.24, 2.45) is 0 Å². The Morgan fingerprint density at radius 1 is 1.31 bits per heavy atom. The maximum atomic E-state index is 13.0. The lowest BCUT2D eigenvalue weighted by Gasteiger charge is -2.05. The maximum absolute atomic E-state index is 13.0. The molecule has 0 spiro atoms. The third-order valence-corrected chi connectivity index (χ3v) is 1.67. The zero-order valence-corrected chi connectivity index (χ0v) is 7.42. The summed E-state index contributed by atoms with van der Waals surface area (Å²) in [6, 6.07) is 1.32. The van der Waals surface area contributed by atoms with E-state index in [9.17, 15) is 32.5 Å². The summed E-state index contributed by atoms with van der Waals surface area (Å²) in [5.74, 6) is -3.95. The molecule has 86 valence electrons. The fourth-order valence-electron chi connectivity index (χ4n) is 0.954. The number of benzene rings is 1. The molecule has 0 aromatic heterocycles. The molecule has 0 aliphatic carbocycles. The summed E-state index contributed by atoms with van der Waals surface area (Å²) in [7, 11) is 0. The molecule has 0 radical (unpaired) electrons. The topological polar surface area (TPSA) is 60.2 Å². The summed E-state index contributed by atoms with van der Waals surface area (Å²) in [5.41, 5.74) is -1.96. The standard InChI is InChI=1S/C8H3F4NO3/c9-6-3-4(13(15)16)1-2-5(6)7(14)8(10,11)12/h1-3H. The van der Waals surface area contributed by atoms with Gasteiger partial charge in [-0.3, -0.25) is 14.9 Å². The second-order valence-corrected chi connectivity index (χ2v) is 2.75. The van der Waals surface area contributed by atoms with Crippen molar-refractivity contribution in [3.05, 3.63) is 39.7 Å². The van der Waals surface area contributed by atoms with Crippen LogP contribution in [0, 0.1) is 15.9 Å². The molecule has 0 atom stereocenters. The number of non-ortho nitro benzene ring substituents is 1. The molecule has 0 N–H and O–H groups in total. The van der Waals surface area contributed by atoms with Crippen LogP contribution in [-0.4, -0.2) is 16.9 Å². The van der Waals surface area contributed by atoms with Gasteiger partial charge in [0, 0.05) is 6.07 Å². The summed E-state index contributed by atoms with van der Waals surface area (Å²) in [5, 5.41) is 10.2. The van der Waals surface area contributed by atoms with Crippen LogP contribution in [-0.2, 0) is 0 Å². The molecule has 16 heavy (non-hydrogen) atoms. The molecule has 0 unspecified atom stereocenters. The number of halogens is 4. The van der Waals surface area contributed by atoms with Crippen LogP contribution in [0.3, 0.4) is 0 Å². The van der Waals surface area contributed by atoms with E-state index in [2.05, 4.69) is 0 Å². The Bertz CT molecular complexity index is 455. The number of carbonyl (C=O) groups excluding carboxylic acids is 1. The molecule has 0 fully saturated rings. The Kier molecular flexibility index (Phi) is 2.92. The van der Waals surface area contributed by atoms with Gasteiger partial charge in [-0.2, -0.15) is 13.2 Å². The van der Waals surface area contributed by atoms with E-state index in [-0.39, 0.29) is 6.07 Å². The fraction of sp³-hybridized carbons (Fsp3) is 0.125. The molecule has 0 bridgehead atoms. The first-order chi connectivity index (χ1) is 7.23. The van der Waals surface area contributed by atoms with Crippen molar-refractivity contribution in [3.8, 4) is 0 Å². The van der Waals surface area contributed by atoms with Gasteiger partial charge in [-0.05, 0) is 6.07 Å². The molecular formula is C8H3F4NO3. The van der Waals surface area contributed by atoms with Gasteiger partial charge in [-0.15, -0.1) is 0 Å².